The fourth-order valence-electron chi connectivity index (χ4n) is 3.08. The first-order chi connectivity index (χ1) is 11.6. The van der Waals surface area contributed by atoms with Crippen LogP contribution >= 0.6 is 0 Å². The molecule has 122 valence electrons. The van der Waals surface area contributed by atoms with Crippen LogP contribution in [0.4, 0.5) is 5.69 Å². The molecule has 6 nitrogen and oxygen atoms in total. The highest BCUT2D eigenvalue weighted by atomic mass is 16.7. The number of ether oxygens (including phenoxy) is 3. The van der Waals surface area contributed by atoms with Gasteiger partial charge < -0.3 is 19.5 Å². The maximum atomic E-state index is 12.1. The van der Waals surface area contributed by atoms with E-state index in [-0.39, 0.29) is 24.6 Å². The highest BCUT2D eigenvalue weighted by Gasteiger charge is 2.29. The fourth-order valence-corrected chi connectivity index (χ4v) is 3.08. The van der Waals surface area contributed by atoms with Crippen molar-refractivity contribution >= 4 is 17.6 Å². The predicted octanol–water partition coefficient (Wildman–Crippen LogP) is 2.81. The van der Waals surface area contributed by atoms with Crippen LogP contribution in [-0.4, -0.2) is 18.7 Å². The van der Waals surface area contributed by atoms with Crippen LogP contribution in [0.25, 0.3) is 0 Å². The van der Waals surface area contributed by atoms with Crippen LogP contribution in [0, 0.1) is 0 Å². The van der Waals surface area contributed by atoms with Crippen molar-refractivity contribution in [3.8, 4) is 17.2 Å². The topological polar surface area (TPSA) is 73.9 Å². The fraction of sp³-hybridized carbons (Fsp3) is 0.222. The second kappa shape index (κ2) is 5.56. The van der Waals surface area contributed by atoms with E-state index in [0.717, 1.165) is 16.8 Å². The maximum absolute atomic E-state index is 12.1. The normalized spacial score (nSPS) is 17.9. The number of carbonyl (C=O) groups excluding carboxylic acids is 2. The number of fused-ring (bicyclic) bond motifs is 2. The van der Waals surface area contributed by atoms with Crippen LogP contribution in [0.15, 0.2) is 36.4 Å². The number of esters is 1. The summed E-state index contributed by atoms with van der Waals surface area (Å²) in [6.45, 7) is 1.55. The van der Waals surface area contributed by atoms with E-state index in [0.29, 0.717) is 23.7 Å². The zero-order valence-corrected chi connectivity index (χ0v) is 13.0. The van der Waals surface area contributed by atoms with Crippen molar-refractivity contribution in [1.29, 1.82) is 0 Å². The van der Waals surface area contributed by atoms with Crippen LogP contribution in [0.2, 0.25) is 0 Å². The van der Waals surface area contributed by atoms with E-state index < -0.39 is 0 Å². The van der Waals surface area contributed by atoms with Gasteiger partial charge in [-0.3, -0.25) is 9.59 Å². The van der Waals surface area contributed by atoms with Gasteiger partial charge in [0.1, 0.15) is 5.75 Å². The summed E-state index contributed by atoms with van der Waals surface area (Å²) < 4.78 is 15.9. The molecule has 6 heteroatoms. The number of anilines is 1. The molecular formula is C18H15NO5. The third kappa shape index (κ3) is 2.56. The Hall–Kier alpha value is -3.02. The van der Waals surface area contributed by atoms with Gasteiger partial charge in [0.15, 0.2) is 11.5 Å². The van der Waals surface area contributed by atoms with Gasteiger partial charge in [-0.25, -0.2) is 0 Å². The highest BCUT2D eigenvalue weighted by molar-refractivity contribution is 5.96. The van der Waals surface area contributed by atoms with Gasteiger partial charge in [-0.05, 0) is 29.3 Å². The van der Waals surface area contributed by atoms with Gasteiger partial charge in [-0.1, -0.05) is 12.1 Å². The molecule has 0 aliphatic carbocycles. The zero-order chi connectivity index (χ0) is 16.7. The van der Waals surface area contributed by atoms with Crippen molar-refractivity contribution in [3.63, 3.8) is 0 Å². The van der Waals surface area contributed by atoms with E-state index in [9.17, 15) is 9.59 Å². The van der Waals surface area contributed by atoms with E-state index in [4.69, 9.17) is 14.2 Å². The minimum atomic E-state index is -0.363. The summed E-state index contributed by atoms with van der Waals surface area (Å²) in [5, 5.41) is 2.88. The first-order valence-electron chi connectivity index (χ1n) is 7.62. The molecule has 1 atom stereocenters. The first-order valence-corrected chi connectivity index (χ1v) is 7.62. The number of benzene rings is 2. The minimum absolute atomic E-state index is 0.0459. The largest absolute Gasteiger partial charge is 0.454 e. The molecule has 0 saturated carbocycles. The second-order valence-electron chi connectivity index (χ2n) is 5.76. The number of hydrogen-bond acceptors (Lipinski definition) is 5. The molecule has 2 aliphatic heterocycles. The summed E-state index contributed by atoms with van der Waals surface area (Å²) in [7, 11) is 0. The van der Waals surface area contributed by atoms with E-state index in [1.165, 1.54) is 6.92 Å². The van der Waals surface area contributed by atoms with Crippen molar-refractivity contribution in [1.82, 2.24) is 0 Å². The van der Waals surface area contributed by atoms with Gasteiger partial charge in [-0.15, -0.1) is 0 Å². The quantitative estimate of drug-likeness (QED) is 0.679. The van der Waals surface area contributed by atoms with Crippen molar-refractivity contribution in [3.05, 3.63) is 47.5 Å². The number of rotatable bonds is 2. The SMILES string of the molecule is CC(=O)Oc1ccc(C2CC(=O)Nc3cc4c(cc32)OCO4)cc1. The molecule has 2 aliphatic rings. The van der Waals surface area contributed by atoms with Crippen LogP contribution in [-0.2, 0) is 9.59 Å². The van der Waals surface area contributed by atoms with E-state index in [1.54, 1.807) is 18.2 Å². The molecule has 0 bridgehead atoms. The maximum Gasteiger partial charge on any atom is 0.308 e. The molecule has 4 rings (SSSR count). The van der Waals surface area contributed by atoms with Crippen molar-refractivity contribution in [2.24, 2.45) is 0 Å². The molecule has 0 radical (unpaired) electrons. The summed E-state index contributed by atoms with van der Waals surface area (Å²) in [5.74, 6) is 1.31. The Bertz CT molecular complexity index is 828. The molecule has 0 saturated heterocycles. The molecule has 0 spiro atoms. The van der Waals surface area contributed by atoms with Gasteiger partial charge >= 0.3 is 5.97 Å². The van der Waals surface area contributed by atoms with E-state index in [1.807, 2.05) is 18.2 Å². The lowest BCUT2D eigenvalue weighted by atomic mass is 9.84. The smallest absolute Gasteiger partial charge is 0.308 e. The monoisotopic (exact) mass is 325 g/mol. The van der Waals surface area contributed by atoms with Crippen molar-refractivity contribution in [2.75, 3.05) is 12.1 Å². The molecule has 2 heterocycles. The van der Waals surface area contributed by atoms with Gasteiger partial charge in [-0.2, -0.15) is 0 Å². The van der Waals surface area contributed by atoms with Crippen LogP contribution in [0.1, 0.15) is 30.4 Å². The predicted molar refractivity (Wildman–Crippen MR) is 85.4 cm³/mol. The zero-order valence-electron chi connectivity index (χ0n) is 13.0. The standard InChI is InChI=1S/C18H15NO5/c1-10(20)24-12-4-2-11(3-5-12)13-7-18(21)19-15-8-17-16(6-14(13)15)22-9-23-17/h2-6,8,13H,7,9H2,1H3,(H,19,21). The third-order valence-corrected chi connectivity index (χ3v) is 4.13. The Labute approximate surface area is 138 Å². The average Bonchev–Trinajstić information content (AvgIpc) is 2.99. The van der Waals surface area contributed by atoms with E-state index in [2.05, 4.69) is 5.32 Å². The molecule has 1 unspecified atom stereocenters. The Balaban J connectivity index is 1.71. The van der Waals surface area contributed by atoms with Crippen molar-refractivity contribution < 1.29 is 23.8 Å². The second-order valence-corrected chi connectivity index (χ2v) is 5.76. The minimum Gasteiger partial charge on any atom is -0.454 e. The molecule has 0 fully saturated rings. The lowest BCUT2D eigenvalue weighted by Gasteiger charge is -2.26. The Morgan fingerprint density at radius 1 is 1.17 bits per heavy atom. The molecule has 1 N–H and O–H groups in total. The lowest BCUT2D eigenvalue weighted by Crippen LogP contribution is -2.23. The molecule has 2 aromatic carbocycles. The van der Waals surface area contributed by atoms with Gasteiger partial charge in [0.2, 0.25) is 12.7 Å². The summed E-state index contributed by atoms with van der Waals surface area (Å²) in [6.07, 6.45) is 0.347. The summed E-state index contributed by atoms with van der Waals surface area (Å²) in [5.41, 5.74) is 2.70. The molecule has 24 heavy (non-hydrogen) atoms. The van der Waals surface area contributed by atoms with E-state index >= 15 is 0 Å². The van der Waals surface area contributed by atoms with Gasteiger partial charge in [0.25, 0.3) is 0 Å². The number of carbonyl (C=O) groups is 2. The average molecular weight is 325 g/mol. The highest BCUT2D eigenvalue weighted by Crippen LogP contribution is 2.44. The van der Waals surface area contributed by atoms with Gasteiger partial charge in [0, 0.05) is 31.0 Å². The Morgan fingerprint density at radius 2 is 1.88 bits per heavy atom. The third-order valence-electron chi connectivity index (χ3n) is 4.13. The van der Waals surface area contributed by atoms with Crippen LogP contribution < -0.4 is 19.5 Å². The lowest BCUT2D eigenvalue weighted by molar-refractivity contribution is -0.131. The van der Waals surface area contributed by atoms with Gasteiger partial charge in [0.05, 0.1) is 0 Å². The first kappa shape index (κ1) is 14.6. The van der Waals surface area contributed by atoms with Crippen molar-refractivity contribution in [2.45, 2.75) is 19.3 Å². The Morgan fingerprint density at radius 3 is 2.58 bits per heavy atom. The number of hydrogen-bond donors (Lipinski definition) is 1. The van der Waals surface area contributed by atoms with Crippen LogP contribution in [0.3, 0.4) is 0 Å². The Kier molecular flexibility index (Phi) is 3.37. The molecule has 0 aromatic heterocycles. The summed E-state index contributed by atoms with van der Waals surface area (Å²) in [4.78, 5) is 23.1. The summed E-state index contributed by atoms with van der Waals surface area (Å²) >= 11 is 0. The number of amides is 1. The molecule has 2 aromatic rings. The summed E-state index contributed by atoms with van der Waals surface area (Å²) in [6, 6.07) is 10.9. The molecule has 1 amide bonds. The van der Waals surface area contributed by atoms with Crippen LogP contribution in [0.5, 0.6) is 17.2 Å². The number of nitrogens with one attached hydrogen (secondary N) is 1. The molecular weight excluding hydrogens is 310 g/mol.